The van der Waals surface area contributed by atoms with Gasteiger partial charge in [0, 0.05) is 51.2 Å². The van der Waals surface area contributed by atoms with E-state index in [9.17, 15) is 16.8 Å². The summed E-state index contributed by atoms with van der Waals surface area (Å²) < 4.78 is 70.8. The first-order valence-electron chi connectivity index (χ1n) is 11.2. The van der Waals surface area contributed by atoms with Gasteiger partial charge in [-0.3, -0.25) is 0 Å². The quantitative estimate of drug-likeness (QED) is 0.462. The summed E-state index contributed by atoms with van der Waals surface area (Å²) in [5, 5.41) is 6.52. The van der Waals surface area contributed by atoms with E-state index >= 15 is 0 Å². The second-order valence-electron chi connectivity index (χ2n) is 8.97. The number of hydrogen-bond donors (Lipinski definition) is 2. The van der Waals surface area contributed by atoms with E-state index in [1.54, 1.807) is 38.1 Å². The Kier molecular flexibility index (Phi) is 8.38. The first-order chi connectivity index (χ1) is 16.7. The van der Waals surface area contributed by atoms with E-state index in [1.807, 2.05) is 0 Å². The van der Waals surface area contributed by atoms with Crippen LogP contribution >= 0.6 is 0 Å². The summed E-state index contributed by atoms with van der Waals surface area (Å²) in [5.41, 5.74) is 1.43. The van der Waals surface area contributed by atoms with Crippen molar-refractivity contribution in [2.75, 3.05) is 50.5 Å². The predicted molar refractivity (Wildman–Crippen MR) is 137 cm³/mol. The summed E-state index contributed by atoms with van der Waals surface area (Å²) in [4.78, 5) is 0.467. The minimum atomic E-state index is -3.29. The second kappa shape index (κ2) is 10.6. The molecule has 3 rings (SSSR count). The molecule has 0 bridgehead atoms. The van der Waals surface area contributed by atoms with Crippen LogP contribution in [0.3, 0.4) is 0 Å². The number of benzene rings is 2. The van der Waals surface area contributed by atoms with Crippen LogP contribution in [0, 0.1) is 0 Å². The molecule has 2 aromatic carbocycles. The van der Waals surface area contributed by atoms with Crippen molar-refractivity contribution in [3.8, 4) is 0 Å². The molecule has 0 radical (unpaired) electrons. The van der Waals surface area contributed by atoms with Crippen molar-refractivity contribution in [3.05, 3.63) is 48.5 Å². The number of ether oxygens (including phenoxy) is 4. The summed E-state index contributed by atoms with van der Waals surface area (Å²) in [6.45, 7) is 4.13. The lowest BCUT2D eigenvalue weighted by Crippen LogP contribution is -2.67. The van der Waals surface area contributed by atoms with Crippen LogP contribution in [-0.2, 0) is 38.6 Å². The first kappa shape index (κ1) is 28.4. The first-order valence-corrected chi connectivity index (χ1v) is 15.0. The molecule has 1 heterocycles. The molecule has 1 aliphatic heterocycles. The van der Waals surface area contributed by atoms with E-state index in [0.717, 1.165) is 12.5 Å². The second-order valence-corrected chi connectivity index (χ2v) is 13.0. The molecule has 0 spiro atoms. The Morgan fingerprint density at radius 3 is 1.25 bits per heavy atom. The molecule has 36 heavy (non-hydrogen) atoms. The summed E-state index contributed by atoms with van der Waals surface area (Å²) in [5.74, 6) is -2.41. The van der Waals surface area contributed by atoms with E-state index in [-0.39, 0.29) is 9.79 Å². The zero-order chi connectivity index (χ0) is 26.8. The Morgan fingerprint density at radius 1 is 0.694 bits per heavy atom. The molecular weight excluding hydrogens is 508 g/mol. The molecule has 10 nitrogen and oxygen atoms in total. The molecule has 12 heteroatoms. The van der Waals surface area contributed by atoms with E-state index < -0.39 is 43.5 Å². The molecule has 4 atom stereocenters. The van der Waals surface area contributed by atoms with Crippen LogP contribution in [0.25, 0.3) is 0 Å². The molecule has 1 saturated heterocycles. The predicted octanol–water partition coefficient (Wildman–Crippen LogP) is 2.53. The fraction of sp³-hybridized carbons (Fsp3) is 0.500. The zero-order valence-electron chi connectivity index (χ0n) is 21.3. The Balaban J connectivity index is 1.77. The molecule has 0 saturated carbocycles. The summed E-state index contributed by atoms with van der Waals surface area (Å²) >= 11 is 0. The molecule has 2 N–H and O–H groups in total. The van der Waals surface area contributed by atoms with Gasteiger partial charge in [-0.05, 0) is 62.4 Å². The molecule has 0 amide bonds. The highest BCUT2D eigenvalue weighted by Crippen LogP contribution is 2.39. The van der Waals surface area contributed by atoms with Crippen LogP contribution < -0.4 is 10.6 Å². The number of anilines is 2. The largest absolute Gasteiger partial charge is 0.382 e. The normalized spacial score (nSPS) is 26.9. The van der Waals surface area contributed by atoms with Crippen molar-refractivity contribution >= 4 is 31.0 Å². The van der Waals surface area contributed by atoms with Gasteiger partial charge in [-0.15, -0.1) is 0 Å². The molecule has 1 aliphatic rings. The van der Waals surface area contributed by atoms with Gasteiger partial charge in [0.2, 0.25) is 11.6 Å². The van der Waals surface area contributed by atoms with Crippen LogP contribution in [0.15, 0.2) is 58.3 Å². The third kappa shape index (κ3) is 6.36. The SMILES string of the molecule is CO[C@]1(C)O[C@H](CNc2ccc(S(C)(=O)=O)cc2)[C@@H](CNc2ccc(S(C)(=O)=O)cc2)O[C@@]1(C)OC. The lowest BCUT2D eigenvalue weighted by Gasteiger charge is -2.52. The van der Waals surface area contributed by atoms with Crippen molar-refractivity contribution in [2.24, 2.45) is 0 Å². The maximum absolute atomic E-state index is 11.7. The lowest BCUT2D eigenvalue weighted by atomic mass is 10.0. The van der Waals surface area contributed by atoms with Gasteiger partial charge < -0.3 is 29.6 Å². The smallest absolute Gasteiger partial charge is 0.220 e. The minimum absolute atomic E-state index is 0.233. The molecule has 0 aliphatic carbocycles. The fourth-order valence-electron chi connectivity index (χ4n) is 3.83. The Morgan fingerprint density at radius 2 is 1.00 bits per heavy atom. The molecule has 0 unspecified atom stereocenters. The zero-order valence-corrected chi connectivity index (χ0v) is 22.9. The van der Waals surface area contributed by atoms with Gasteiger partial charge in [0.15, 0.2) is 19.7 Å². The van der Waals surface area contributed by atoms with Gasteiger partial charge >= 0.3 is 0 Å². The highest BCUT2D eigenvalue weighted by atomic mass is 32.2. The maximum atomic E-state index is 11.7. The molecular formula is C24H34N2O8S2. The number of nitrogens with one attached hydrogen (secondary N) is 2. The van der Waals surface area contributed by atoms with Crippen LogP contribution in [0.2, 0.25) is 0 Å². The van der Waals surface area contributed by atoms with Gasteiger partial charge in [0.05, 0.1) is 9.79 Å². The summed E-state index contributed by atoms with van der Waals surface area (Å²) in [7, 11) is -3.55. The van der Waals surface area contributed by atoms with Crippen molar-refractivity contribution in [2.45, 2.75) is 47.4 Å². The van der Waals surface area contributed by atoms with Crippen LogP contribution in [-0.4, -0.2) is 80.4 Å². The number of methoxy groups -OCH3 is 2. The number of sulfone groups is 2. The fourth-order valence-corrected chi connectivity index (χ4v) is 5.09. The van der Waals surface area contributed by atoms with Gasteiger partial charge in [0.1, 0.15) is 12.2 Å². The Bertz CT molecular complexity index is 1150. The van der Waals surface area contributed by atoms with Gasteiger partial charge in [0.25, 0.3) is 0 Å². The third-order valence-corrected chi connectivity index (χ3v) is 8.61. The summed E-state index contributed by atoms with van der Waals surface area (Å²) in [6, 6.07) is 12.9. The molecule has 200 valence electrons. The summed E-state index contributed by atoms with van der Waals surface area (Å²) in [6.07, 6.45) is 1.34. The number of rotatable bonds is 10. The van der Waals surface area contributed by atoms with Crippen LogP contribution in [0.4, 0.5) is 11.4 Å². The van der Waals surface area contributed by atoms with E-state index in [1.165, 1.54) is 38.5 Å². The lowest BCUT2D eigenvalue weighted by molar-refractivity contribution is -0.444. The molecule has 2 aromatic rings. The Hall–Kier alpha value is -2.22. The monoisotopic (exact) mass is 542 g/mol. The van der Waals surface area contributed by atoms with Gasteiger partial charge in [-0.25, -0.2) is 16.8 Å². The Labute approximate surface area is 213 Å². The maximum Gasteiger partial charge on any atom is 0.220 e. The van der Waals surface area contributed by atoms with Crippen molar-refractivity contribution in [3.63, 3.8) is 0 Å². The van der Waals surface area contributed by atoms with Crippen molar-refractivity contribution in [1.82, 2.24) is 0 Å². The minimum Gasteiger partial charge on any atom is -0.382 e. The van der Waals surface area contributed by atoms with Crippen molar-refractivity contribution < 1.29 is 35.8 Å². The number of hydrogen-bond acceptors (Lipinski definition) is 10. The van der Waals surface area contributed by atoms with E-state index in [4.69, 9.17) is 18.9 Å². The van der Waals surface area contributed by atoms with Gasteiger partial charge in [-0.1, -0.05) is 0 Å². The topological polar surface area (TPSA) is 129 Å². The van der Waals surface area contributed by atoms with Crippen LogP contribution in [0.1, 0.15) is 13.8 Å². The van der Waals surface area contributed by atoms with Crippen molar-refractivity contribution in [1.29, 1.82) is 0 Å². The average molecular weight is 543 g/mol. The third-order valence-electron chi connectivity index (χ3n) is 6.35. The van der Waals surface area contributed by atoms with E-state index in [0.29, 0.717) is 24.5 Å². The highest BCUT2D eigenvalue weighted by molar-refractivity contribution is 7.91. The highest BCUT2D eigenvalue weighted by Gasteiger charge is 2.56. The molecule has 0 aromatic heterocycles. The van der Waals surface area contributed by atoms with E-state index in [2.05, 4.69) is 10.6 Å². The van der Waals surface area contributed by atoms with Gasteiger partial charge in [-0.2, -0.15) is 0 Å². The average Bonchev–Trinajstić information content (AvgIpc) is 2.83. The standard InChI is InChI=1S/C24H34N2O8S2/c1-23(31-3)24(2,32-4)34-22(16-26-18-9-13-20(14-10-18)36(6,29)30)21(33-23)15-25-17-7-11-19(12-8-17)35(5,27)28/h7-14,21-22,25-26H,15-16H2,1-6H3/t21-,22-,23-,24-/m1/s1. The molecule has 1 fully saturated rings. The van der Waals surface area contributed by atoms with Crippen LogP contribution in [0.5, 0.6) is 0 Å².